The minimum atomic E-state index is -0.187. The number of hydrogen-bond donors (Lipinski definition) is 1. The van der Waals surface area contributed by atoms with E-state index in [1.807, 2.05) is 30.3 Å². The van der Waals surface area contributed by atoms with Crippen molar-refractivity contribution < 1.29 is 14.6 Å². The van der Waals surface area contributed by atoms with Crippen LogP contribution < -0.4 is 4.74 Å². The van der Waals surface area contributed by atoms with E-state index in [9.17, 15) is 9.90 Å². The van der Waals surface area contributed by atoms with Gasteiger partial charge in [0.15, 0.2) is 5.78 Å². The topological polar surface area (TPSA) is 83.2 Å². The average Bonchev–Trinajstić information content (AvgIpc) is 2.70. The number of carbonyl (C=O) groups excluding carboxylic acids is 1. The lowest BCUT2D eigenvalue weighted by atomic mass is 10.1. The van der Waals surface area contributed by atoms with Gasteiger partial charge in [0.2, 0.25) is 0 Å². The van der Waals surface area contributed by atoms with Crippen molar-refractivity contribution in [1.29, 1.82) is 5.26 Å². The van der Waals surface area contributed by atoms with E-state index in [0.717, 1.165) is 15.5 Å². The number of aromatic hydroxyl groups is 1. The van der Waals surface area contributed by atoms with Crippen LogP contribution in [0.25, 0.3) is 0 Å². The zero-order valence-electron chi connectivity index (χ0n) is 15.5. The summed E-state index contributed by atoms with van der Waals surface area (Å²) in [5, 5.41) is 19.8. The number of pyridine rings is 1. The van der Waals surface area contributed by atoms with Crippen molar-refractivity contribution in [1.82, 2.24) is 4.98 Å². The Morgan fingerprint density at radius 2 is 2.07 bits per heavy atom. The maximum absolute atomic E-state index is 11.5. The third kappa shape index (κ3) is 4.51. The van der Waals surface area contributed by atoms with Crippen molar-refractivity contribution in [3.63, 3.8) is 0 Å². The molecule has 0 aliphatic carbocycles. The number of phenols is 1. The molecule has 1 heterocycles. The molecule has 2 aromatic carbocycles. The first-order valence-electron chi connectivity index (χ1n) is 8.57. The summed E-state index contributed by atoms with van der Waals surface area (Å²) >= 11 is 1.50. The zero-order chi connectivity index (χ0) is 20.1. The van der Waals surface area contributed by atoms with Crippen LogP contribution in [-0.4, -0.2) is 15.9 Å². The Morgan fingerprint density at radius 1 is 1.25 bits per heavy atom. The Kier molecular flexibility index (Phi) is 5.97. The molecule has 1 N–H and O–H groups in total. The lowest BCUT2D eigenvalue weighted by Crippen LogP contribution is -2.00. The van der Waals surface area contributed by atoms with Crippen molar-refractivity contribution in [2.45, 2.75) is 30.4 Å². The van der Waals surface area contributed by atoms with Gasteiger partial charge in [-0.1, -0.05) is 23.9 Å². The highest BCUT2D eigenvalue weighted by molar-refractivity contribution is 7.99. The first-order valence-corrected chi connectivity index (χ1v) is 9.39. The lowest BCUT2D eigenvalue weighted by Gasteiger charge is -2.12. The minimum Gasteiger partial charge on any atom is -0.507 e. The molecule has 3 aromatic rings. The fraction of sp³-hybridized carbons (Fsp3) is 0.136. The molecule has 5 nitrogen and oxygen atoms in total. The highest BCUT2D eigenvalue weighted by atomic mass is 32.2. The van der Waals surface area contributed by atoms with Gasteiger partial charge in [-0.05, 0) is 55.8 Å². The second-order valence-electron chi connectivity index (χ2n) is 6.18. The van der Waals surface area contributed by atoms with Gasteiger partial charge in [0.05, 0.1) is 11.1 Å². The van der Waals surface area contributed by atoms with Gasteiger partial charge in [0, 0.05) is 16.7 Å². The molecular weight excluding hydrogens is 372 g/mol. The van der Waals surface area contributed by atoms with Crippen LogP contribution in [0.2, 0.25) is 0 Å². The van der Waals surface area contributed by atoms with E-state index < -0.39 is 0 Å². The molecule has 0 spiro atoms. The van der Waals surface area contributed by atoms with Crippen molar-refractivity contribution in [2.24, 2.45) is 0 Å². The second kappa shape index (κ2) is 8.59. The second-order valence-corrected chi connectivity index (χ2v) is 7.27. The summed E-state index contributed by atoms with van der Waals surface area (Å²) in [5.74, 6) is 0.309. The molecule has 140 valence electrons. The van der Waals surface area contributed by atoms with Gasteiger partial charge in [-0.2, -0.15) is 5.26 Å². The van der Waals surface area contributed by atoms with Gasteiger partial charge in [-0.3, -0.25) is 4.79 Å². The fourth-order valence-electron chi connectivity index (χ4n) is 2.61. The molecule has 28 heavy (non-hydrogen) atoms. The van der Waals surface area contributed by atoms with E-state index in [4.69, 9.17) is 10.00 Å². The molecular formula is C22H18N2O3S. The number of benzene rings is 2. The molecule has 3 rings (SSSR count). The van der Waals surface area contributed by atoms with Gasteiger partial charge < -0.3 is 9.84 Å². The van der Waals surface area contributed by atoms with E-state index in [1.54, 1.807) is 31.3 Å². The molecule has 0 unspecified atom stereocenters. The summed E-state index contributed by atoms with van der Waals surface area (Å²) in [5.41, 5.74) is 2.33. The van der Waals surface area contributed by atoms with Crippen LogP contribution in [0, 0.1) is 18.3 Å². The quantitative estimate of drug-likeness (QED) is 0.603. The molecule has 1 aromatic heterocycles. The molecule has 6 heteroatoms. The Balaban J connectivity index is 1.70. The van der Waals surface area contributed by atoms with Crippen LogP contribution in [0.15, 0.2) is 64.6 Å². The van der Waals surface area contributed by atoms with E-state index in [1.165, 1.54) is 18.7 Å². The van der Waals surface area contributed by atoms with Crippen molar-refractivity contribution in [3.8, 4) is 17.6 Å². The van der Waals surface area contributed by atoms with Crippen molar-refractivity contribution in [2.75, 3.05) is 0 Å². The number of nitrogens with zero attached hydrogens (tertiary/aromatic N) is 2. The predicted molar refractivity (Wildman–Crippen MR) is 107 cm³/mol. The molecule has 0 radical (unpaired) electrons. The number of hydrogen-bond acceptors (Lipinski definition) is 6. The number of carbonyl (C=O) groups is 1. The predicted octanol–water partition coefficient (Wildman–Crippen LogP) is 4.90. The van der Waals surface area contributed by atoms with Crippen LogP contribution in [0.5, 0.6) is 11.5 Å². The number of nitriles is 1. The summed E-state index contributed by atoms with van der Waals surface area (Å²) in [7, 11) is 0. The molecule has 0 amide bonds. The largest absolute Gasteiger partial charge is 0.507 e. The minimum absolute atomic E-state index is 0.0406. The van der Waals surface area contributed by atoms with Crippen molar-refractivity contribution >= 4 is 17.5 Å². The van der Waals surface area contributed by atoms with E-state index in [-0.39, 0.29) is 17.1 Å². The number of rotatable bonds is 6. The van der Waals surface area contributed by atoms with Crippen LogP contribution in [0.4, 0.5) is 0 Å². The van der Waals surface area contributed by atoms with Gasteiger partial charge in [0.1, 0.15) is 29.2 Å². The number of Topliss-reactive ketones (excluding diaryl/α,β-unsaturated/α-hetero) is 1. The van der Waals surface area contributed by atoms with Crippen molar-refractivity contribution in [3.05, 3.63) is 77.0 Å². The average molecular weight is 390 g/mol. The highest BCUT2D eigenvalue weighted by Crippen LogP contribution is 2.32. The molecule has 0 aliphatic rings. The van der Waals surface area contributed by atoms with Crippen LogP contribution in [0.3, 0.4) is 0 Å². The third-order valence-electron chi connectivity index (χ3n) is 4.14. The number of ketones is 1. The number of aromatic nitrogens is 1. The molecule has 0 atom stereocenters. The van der Waals surface area contributed by atoms with E-state index in [2.05, 4.69) is 11.1 Å². The van der Waals surface area contributed by atoms with E-state index in [0.29, 0.717) is 23.5 Å². The first kappa shape index (κ1) is 19.5. The molecule has 0 saturated heterocycles. The first-order chi connectivity index (χ1) is 13.5. The number of ether oxygens (including phenoxy) is 1. The smallest absolute Gasteiger partial charge is 0.163 e. The summed E-state index contributed by atoms with van der Waals surface area (Å²) in [4.78, 5) is 16.8. The Morgan fingerprint density at radius 3 is 2.75 bits per heavy atom. The molecule has 0 fully saturated rings. The summed E-state index contributed by atoms with van der Waals surface area (Å²) in [6.07, 6.45) is 1.55. The Bertz CT molecular complexity index is 1060. The van der Waals surface area contributed by atoms with Gasteiger partial charge in [-0.25, -0.2) is 4.98 Å². The maximum Gasteiger partial charge on any atom is 0.163 e. The highest BCUT2D eigenvalue weighted by Gasteiger charge is 2.13. The SMILES string of the molecule is CC(=O)c1ccc(OCc2cccc(Sc3ccc(C#N)cn3)c2)c(C)c1O. The monoisotopic (exact) mass is 390 g/mol. The summed E-state index contributed by atoms with van der Waals surface area (Å²) in [6, 6.07) is 16.8. The van der Waals surface area contributed by atoms with Crippen LogP contribution in [0.1, 0.15) is 34.0 Å². The zero-order valence-corrected chi connectivity index (χ0v) is 16.3. The van der Waals surface area contributed by atoms with E-state index >= 15 is 0 Å². The lowest BCUT2D eigenvalue weighted by molar-refractivity contribution is 0.101. The van der Waals surface area contributed by atoms with Crippen LogP contribution >= 0.6 is 11.8 Å². The Labute approximate surface area is 167 Å². The fourth-order valence-corrected chi connectivity index (χ4v) is 3.45. The standard InChI is InChI=1S/C22H18N2O3S/c1-14-20(8-7-19(15(2)25)22(14)26)27-13-16-4-3-5-18(10-16)28-21-9-6-17(11-23)12-24-21/h3-10,12,26H,13H2,1-2H3. The van der Waals surface area contributed by atoms with Crippen LogP contribution in [-0.2, 0) is 6.61 Å². The van der Waals surface area contributed by atoms with Gasteiger partial charge in [0.25, 0.3) is 0 Å². The molecule has 0 aliphatic heterocycles. The maximum atomic E-state index is 11.5. The molecule has 0 bridgehead atoms. The number of phenolic OH excluding ortho intramolecular Hbond substituents is 1. The summed E-state index contributed by atoms with van der Waals surface area (Å²) in [6.45, 7) is 3.47. The summed E-state index contributed by atoms with van der Waals surface area (Å²) < 4.78 is 5.84. The molecule has 0 saturated carbocycles. The third-order valence-corrected chi connectivity index (χ3v) is 5.08. The Hall–Kier alpha value is -3.30. The van der Waals surface area contributed by atoms with Gasteiger partial charge >= 0.3 is 0 Å². The van der Waals surface area contributed by atoms with Gasteiger partial charge in [-0.15, -0.1) is 0 Å². The normalized spacial score (nSPS) is 10.3.